The number of rotatable bonds is 8. The molecule has 2 aromatic heterocycles. The maximum absolute atomic E-state index is 12.6. The second-order valence-electron chi connectivity index (χ2n) is 4.96. The summed E-state index contributed by atoms with van der Waals surface area (Å²) in [4.78, 5) is 16.8. The third-order valence-electron chi connectivity index (χ3n) is 3.25. The maximum atomic E-state index is 12.6. The highest BCUT2D eigenvalue weighted by molar-refractivity contribution is 7.10. The van der Waals surface area contributed by atoms with E-state index in [1.54, 1.807) is 22.7 Å². The lowest BCUT2D eigenvalue weighted by molar-refractivity contribution is -0.134. The largest absolute Gasteiger partial charge is 0.331 e. The van der Waals surface area contributed by atoms with Crippen LogP contribution < -0.4 is 5.73 Å². The molecule has 2 aromatic rings. The first kappa shape index (κ1) is 16.2. The lowest BCUT2D eigenvalue weighted by atomic mass is 10.1. The van der Waals surface area contributed by atoms with E-state index in [1.807, 2.05) is 27.8 Å². The first-order valence-corrected chi connectivity index (χ1v) is 8.85. The summed E-state index contributed by atoms with van der Waals surface area (Å²) in [5.41, 5.74) is 6.05. The summed E-state index contributed by atoms with van der Waals surface area (Å²) in [6.45, 7) is 5.07. The number of thiophene rings is 2. The zero-order chi connectivity index (χ0) is 15.1. The molecule has 21 heavy (non-hydrogen) atoms. The molecule has 2 heterocycles. The molecule has 0 spiro atoms. The summed E-state index contributed by atoms with van der Waals surface area (Å²) >= 11 is 3.34. The van der Waals surface area contributed by atoms with Crippen LogP contribution in [-0.2, 0) is 17.9 Å². The van der Waals surface area contributed by atoms with Crippen molar-refractivity contribution in [2.75, 3.05) is 0 Å². The van der Waals surface area contributed by atoms with Crippen LogP contribution in [0.5, 0.6) is 0 Å². The first-order valence-electron chi connectivity index (χ1n) is 7.09. The summed E-state index contributed by atoms with van der Waals surface area (Å²) in [5.74, 6) is 0.0326. The summed E-state index contributed by atoms with van der Waals surface area (Å²) in [5, 5.41) is 4.07. The number of amides is 1. The summed E-state index contributed by atoms with van der Waals surface area (Å²) < 4.78 is 0. The molecule has 1 radical (unpaired) electrons. The SMILES string of the molecule is [CH2]CCC[C@H](N)C(=O)N(Cc1cccs1)Cc1cccs1. The van der Waals surface area contributed by atoms with Crippen LogP contribution in [-0.4, -0.2) is 16.8 Å². The molecule has 2 N–H and O–H groups in total. The average Bonchev–Trinajstić information content (AvgIpc) is 3.16. The van der Waals surface area contributed by atoms with Crippen LogP contribution in [0.1, 0.15) is 29.0 Å². The Labute approximate surface area is 134 Å². The Morgan fingerprint density at radius 2 is 1.76 bits per heavy atom. The predicted molar refractivity (Wildman–Crippen MR) is 90.1 cm³/mol. The maximum Gasteiger partial charge on any atom is 0.240 e. The van der Waals surface area contributed by atoms with Gasteiger partial charge in [-0.15, -0.1) is 22.7 Å². The molecule has 0 aromatic carbocycles. The van der Waals surface area contributed by atoms with E-state index in [0.29, 0.717) is 19.5 Å². The van der Waals surface area contributed by atoms with E-state index in [0.717, 1.165) is 12.8 Å². The normalized spacial score (nSPS) is 12.3. The third-order valence-corrected chi connectivity index (χ3v) is 4.97. The Morgan fingerprint density at radius 3 is 2.19 bits per heavy atom. The lowest BCUT2D eigenvalue weighted by Gasteiger charge is -2.25. The van der Waals surface area contributed by atoms with Crippen LogP contribution in [0.15, 0.2) is 35.0 Å². The van der Waals surface area contributed by atoms with Crippen LogP contribution in [0.3, 0.4) is 0 Å². The van der Waals surface area contributed by atoms with E-state index in [-0.39, 0.29) is 5.91 Å². The van der Waals surface area contributed by atoms with Crippen molar-refractivity contribution in [1.82, 2.24) is 4.90 Å². The highest BCUT2D eigenvalue weighted by Crippen LogP contribution is 2.18. The second-order valence-corrected chi connectivity index (χ2v) is 7.02. The topological polar surface area (TPSA) is 46.3 Å². The molecular weight excluding hydrogens is 300 g/mol. The van der Waals surface area contributed by atoms with Gasteiger partial charge >= 0.3 is 0 Å². The molecule has 0 fully saturated rings. The van der Waals surface area contributed by atoms with Crippen LogP contribution in [0, 0.1) is 6.92 Å². The smallest absolute Gasteiger partial charge is 0.240 e. The van der Waals surface area contributed by atoms with Crippen LogP contribution in [0.25, 0.3) is 0 Å². The molecule has 0 aliphatic carbocycles. The minimum Gasteiger partial charge on any atom is -0.331 e. The van der Waals surface area contributed by atoms with Gasteiger partial charge in [0.2, 0.25) is 5.91 Å². The molecule has 0 bridgehead atoms. The molecule has 0 saturated carbocycles. The summed E-state index contributed by atoms with van der Waals surface area (Å²) in [7, 11) is 0. The van der Waals surface area contributed by atoms with Crippen molar-refractivity contribution in [2.45, 2.75) is 38.4 Å². The molecule has 0 aliphatic heterocycles. The molecule has 113 valence electrons. The number of nitrogens with two attached hydrogens (primary N) is 1. The van der Waals surface area contributed by atoms with Gasteiger partial charge in [-0.25, -0.2) is 0 Å². The molecule has 0 unspecified atom stereocenters. The molecule has 0 aliphatic rings. The van der Waals surface area contributed by atoms with E-state index in [1.165, 1.54) is 9.75 Å². The van der Waals surface area contributed by atoms with Crippen LogP contribution >= 0.6 is 22.7 Å². The fourth-order valence-electron chi connectivity index (χ4n) is 2.12. The second kappa shape index (κ2) is 8.32. The number of hydrogen-bond acceptors (Lipinski definition) is 4. The van der Waals surface area contributed by atoms with Gasteiger partial charge in [0.25, 0.3) is 0 Å². The molecule has 1 atom stereocenters. The molecule has 1 amide bonds. The standard InChI is InChI=1S/C16H21N2OS2/c1-2-3-8-15(17)16(19)18(11-13-6-4-9-20-13)12-14-7-5-10-21-14/h4-7,9-10,15H,1-3,8,11-12,17H2/t15-/m0/s1. The molecule has 3 nitrogen and oxygen atoms in total. The van der Waals surface area contributed by atoms with Gasteiger partial charge in [-0.3, -0.25) is 4.79 Å². The average molecular weight is 321 g/mol. The van der Waals surface area contributed by atoms with Crippen molar-refractivity contribution in [3.63, 3.8) is 0 Å². The van der Waals surface area contributed by atoms with Crippen molar-refractivity contribution >= 4 is 28.6 Å². The highest BCUT2D eigenvalue weighted by Gasteiger charge is 2.21. The van der Waals surface area contributed by atoms with E-state index >= 15 is 0 Å². The zero-order valence-corrected chi connectivity index (χ0v) is 13.7. The number of nitrogens with zero attached hydrogens (tertiary/aromatic N) is 1. The first-order chi connectivity index (χ1) is 10.2. The van der Waals surface area contributed by atoms with Crippen LogP contribution in [0.2, 0.25) is 0 Å². The number of hydrogen-bond donors (Lipinski definition) is 1. The Morgan fingerprint density at radius 1 is 1.19 bits per heavy atom. The van der Waals surface area contributed by atoms with Gasteiger partial charge in [-0.1, -0.05) is 31.9 Å². The van der Waals surface area contributed by atoms with Gasteiger partial charge in [0.1, 0.15) is 0 Å². The van der Waals surface area contributed by atoms with Gasteiger partial charge in [0.15, 0.2) is 0 Å². The highest BCUT2D eigenvalue weighted by atomic mass is 32.1. The van der Waals surface area contributed by atoms with Crippen molar-refractivity contribution in [3.05, 3.63) is 51.7 Å². The Hall–Kier alpha value is -1.17. The molecule has 0 saturated heterocycles. The monoisotopic (exact) mass is 321 g/mol. The number of carbonyl (C=O) groups excluding carboxylic acids is 1. The van der Waals surface area contributed by atoms with Crippen molar-refractivity contribution in [3.8, 4) is 0 Å². The van der Waals surface area contributed by atoms with E-state index < -0.39 is 6.04 Å². The van der Waals surface area contributed by atoms with E-state index in [9.17, 15) is 4.79 Å². The van der Waals surface area contributed by atoms with Crippen LogP contribution in [0.4, 0.5) is 0 Å². The Balaban J connectivity index is 2.04. The number of unbranched alkanes of at least 4 members (excludes halogenated alkanes) is 1. The third kappa shape index (κ3) is 4.95. The Kier molecular flexibility index (Phi) is 6.42. The van der Waals surface area contributed by atoms with Crippen molar-refractivity contribution in [2.24, 2.45) is 5.73 Å². The van der Waals surface area contributed by atoms with Gasteiger partial charge < -0.3 is 10.6 Å². The minimum atomic E-state index is -0.424. The van der Waals surface area contributed by atoms with Gasteiger partial charge in [0.05, 0.1) is 19.1 Å². The van der Waals surface area contributed by atoms with Crippen molar-refractivity contribution in [1.29, 1.82) is 0 Å². The summed E-state index contributed by atoms with van der Waals surface area (Å²) in [6.07, 6.45) is 2.41. The lowest BCUT2D eigenvalue weighted by Crippen LogP contribution is -2.42. The summed E-state index contributed by atoms with van der Waals surface area (Å²) in [6, 6.07) is 7.71. The molecule has 5 heteroatoms. The van der Waals surface area contributed by atoms with Gasteiger partial charge in [-0.05, 0) is 29.3 Å². The quantitative estimate of drug-likeness (QED) is 0.806. The fraction of sp³-hybridized carbons (Fsp3) is 0.375. The fourth-order valence-corrected chi connectivity index (χ4v) is 3.55. The minimum absolute atomic E-state index is 0.0326. The number of carbonyl (C=O) groups is 1. The van der Waals surface area contributed by atoms with Crippen molar-refractivity contribution < 1.29 is 4.79 Å². The van der Waals surface area contributed by atoms with Gasteiger partial charge in [-0.2, -0.15) is 0 Å². The van der Waals surface area contributed by atoms with E-state index in [4.69, 9.17) is 5.73 Å². The van der Waals surface area contributed by atoms with Gasteiger partial charge in [0, 0.05) is 9.75 Å². The Bertz CT molecular complexity index is 486. The molecular formula is C16H21N2OS2. The zero-order valence-electron chi connectivity index (χ0n) is 12.0. The van der Waals surface area contributed by atoms with E-state index in [2.05, 4.69) is 19.1 Å². The predicted octanol–water partition coefficient (Wildman–Crippen LogP) is 3.67. The molecule has 2 rings (SSSR count).